The zero-order chi connectivity index (χ0) is 12.0. The molecule has 4 nitrogen and oxygen atoms in total. The molecule has 0 unspecified atom stereocenters. The second-order valence-corrected chi connectivity index (χ2v) is 3.36. The molecule has 1 aromatic carbocycles. The Morgan fingerprint density at radius 3 is 2.62 bits per heavy atom. The van der Waals surface area contributed by atoms with E-state index >= 15 is 0 Å². The first-order valence-electron chi connectivity index (χ1n) is 4.60. The number of hydrogen-bond donors (Lipinski definition) is 0. The van der Waals surface area contributed by atoms with E-state index in [4.69, 9.17) is 11.6 Å². The molecule has 1 rings (SSSR count). The normalized spacial score (nSPS) is 11.1. The fourth-order valence-electron chi connectivity index (χ4n) is 1.19. The molecule has 0 saturated carbocycles. The Hall–Kier alpha value is -1.55. The average Bonchev–Trinajstić information content (AvgIpc) is 2.29. The van der Waals surface area contributed by atoms with Gasteiger partial charge in [-0.05, 0) is 6.07 Å². The largest absolute Gasteiger partial charge is 0.469 e. The molecule has 0 heterocycles. The van der Waals surface area contributed by atoms with Crippen molar-refractivity contribution in [2.45, 2.75) is 6.42 Å². The lowest BCUT2D eigenvalue weighted by Gasteiger charge is -2.06. The summed E-state index contributed by atoms with van der Waals surface area (Å²) in [5, 5.41) is 4.29. The number of esters is 1. The van der Waals surface area contributed by atoms with Gasteiger partial charge in [0, 0.05) is 10.6 Å². The van der Waals surface area contributed by atoms with Crippen molar-refractivity contribution in [3.8, 4) is 0 Å². The summed E-state index contributed by atoms with van der Waals surface area (Å²) in [6.45, 7) is 0. The number of hydrogen-bond acceptors (Lipinski definition) is 4. The first-order valence-corrected chi connectivity index (χ1v) is 4.98. The number of halogens is 1. The summed E-state index contributed by atoms with van der Waals surface area (Å²) in [6, 6.07) is 7.10. The third kappa shape index (κ3) is 3.24. The van der Waals surface area contributed by atoms with Crippen molar-refractivity contribution in [3.05, 3.63) is 34.9 Å². The molecule has 0 saturated heterocycles. The summed E-state index contributed by atoms with van der Waals surface area (Å²) in [5.41, 5.74) is 1.11. The molecule has 0 radical (unpaired) electrons. The predicted octanol–water partition coefficient (Wildman–Crippen LogP) is 2.25. The van der Waals surface area contributed by atoms with E-state index in [0.29, 0.717) is 16.3 Å². The van der Waals surface area contributed by atoms with Gasteiger partial charge >= 0.3 is 5.97 Å². The number of rotatable bonds is 4. The molecular formula is C11H12ClNO3. The minimum Gasteiger partial charge on any atom is -0.469 e. The molecule has 5 heteroatoms. The first kappa shape index (κ1) is 12.5. The fraction of sp³-hybridized carbons (Fsp3) is 0.273. The molecular weight excluding hydrogens is 230 g/mol. The summed E-state index contributed by atoms with van der Waals surface area (Å²) < 4.78 is 4.57. The van der Waals surface area contributed by atoms with E-state index < -0.39 is 5.97 Å². The van der Waals surface area contributed by atoms with Gasteiger partial charge in [-0.15, -0.1) is 0 Å². The van der Waals surface area contributed by atoms with Crippen LogP contribution in [0, 0.1) is 0 Å². The second-order valence-electron chi connectivity index (χ2n) is 2.95. The number of ether oxygens (including phenoxy) is 1. The van der Waals surface area contributed by atoms with E-state index in [2.05, 4.69) is 14.7 Å². The first-order chi connectivity index (χ1) is 7.69. The highest BCUT2D eigenvalue weighted by Crippen LogP contribution is 2.17. The molecule has 0 atom stereocenters. The number of nitrogens with zero attached hydrogens (tertiary/aromatic N) is 1. The van der Waals surface area contributed by atoms with Crippen molar-refractivity contribution in [1.82, 2.24) is 0 Å². The maximum Gasteiger partial charge on any atom is 0.311 e. The Balaban J connectivity index is 2.99. The van der Waals surface area contributed by atoms with Gasteiger partial charge in [-0.1, -0.05) is 35.0 Å². The number of methoxy groups -OCH3 is 1. The van der Waals surface area contributed by atoms with Crippen molar-refractivity contribution in [3.63, 3.8) is 0 Å². The minimum absolute atomic E-state index is 0.0219. The van der Waals surface area contributed by atoms with Gasteiger partial charge in [0.25, 0.3) is 0 Å². The van der Waals surface area contributed by atoms with E-state index in [0.717, 1.165) is 0 Å². The zero-order valence-electron chi connectivity index (χ0n) is 9.07. The molecule has 16 heavy (non-hydrogen) atoms. The highest BCUT2D eigenvalue weighted by Gasteiger charge is 2.13. The van der Waals surface area contributed by atoms with E-state index in [1.165, 1.54) is 14.2 Å². The summed E-state index contributed by atoms with van der Waals surface area (Å²) in [4.78, 5) is 15.9. The van der Waals surface area contributed by atoms with Crippen LogP contribution >= 0.6 is 11.6 Å². The van der Waals surface area contributed by atoms with Crippen molar-refractivity contribution in [1.29, 1.82) is 0 Å². The smallest absolute Gasteiger partial charge is 0.311 e. The van der Waals surface area contributed by atoms with Gasteiger partial charge in [0.05, 0.1) is 19.2 Å². The zero-order valence-corrected chi connectivity index (χ0v) is 9.82. The molecule has 0 aliphatic carbocycles. The van der Waals surface area contributed by atoms with Gasteiger partial charge in [-0.25, -0.2) is 0 Å². The Morgan fingerprint density at radius 2 is 2.06 bits per heavy atom. The highest BCUT2D eigenvalue weighted by molar-refractivity contribution is 6.34. The highest BCUT2D eigenvalue weighted by atomic mass is 35.5. The van der Waals surface area contributed by atoms with Gasteiger partial charge in [-0.3, -0.25) is 4.79 Å². The molecule has 0 aromatic heterocycles. The van der Waals surface area contributed by atoms with Crippen molar-refractivity contribution in [2.24, 2.45) is 5.16 Å². The summed E-state index contributed by atoms with van der Waals surface area (Å²) in [6.07, 6.45) is 0.0219. The molecule has 86 valence electrons. The SMILES string of the molecule is CON=C(CC(=O)OC)c1ccccc1Cl. The van der Waals surface area contributed by atoms with Gasteiger partial charge in [0.1, 0.15) is 7.11 Å². The van der Waals surface area contributed by atoms with Crippen molar-refractivity contribution >= 4 is 23.3 Å². The van der Waals surface area contributed by atoms with Gasteiger partial charge in [-0.2, -0.15) is 0 Å². The van der Waals surface area contributed by atoms with E-state index in [1.807, 2.05) is 6.07 Å². The van der Waals surface area contributed by atoms with Crippen LogP contribution in [0.1, 0.15) is 12.0 Å². The molecule has 0 aliphatic heterocycles. The lowest BCUT2D eigenvalue weighted by molar-refractivity contribution is -0.139. The lowest BCUT2D eigenvalue weighted by Crippen LogP contribution is -2.11. The molecule has 0 amide bonds. The van der Waals surface area contributed by atoms with Crippen LogP contribution in [-0.4, -0.2) is 25.9 Å². The number of carbonyl (C=O) groups is 1. The van der Waals surface area contributed by atoms with E-state index in [1.54, 1.807) is 18.2 Å². The topological polar surface area (TPSA) is 47.9 Å². The van der Waals surface area contributed by atoms with Crippen LogP contribution in [0.4, 0.5) is 0 Å². The van der Waals surface area contributed by atoms with Crippen LogP contribution in [-0.2, 0) is 14.4 Å². The number of oxime groups is 1. The third-order valence-corrected chi connectivity index (χ3v) is 2.26. The second kappa shape index (κ2) is 6.12. The molecule has 0 fully saturated rings. The molecule has 0 spiro atoms. The van der Waals surface area contributed by atoms with Crippen LogP contribution in [0.15, 0.2) is 29.4 Å². The van der Waals surface area contributed by atoms with Gasteiger partial charge in [0.2, 0.25) is 0 Å². The van der Waals surface area contributed by atoms with Crippen LogP contribution in [0.3, 0.4) is 0 Å². The Morgan fingerprint density at radius 1 is 1.38 bits per heavy atom. The minimum atomic E-state index is -0.393. The Labute approximate surface area is 98.8 Å². The van der Waals surface area contributed by atoms with Gasteiger partial charge in [0.15, 0.2) is 0 Å². The standard InChI is InChI=1S/C11H12ClNO3/c1-15-11(14)7-10(13-16-2)8-5-3-4-6-9(8)12/h3-6H,7H2,1-2H3. The maximum atomic E-state index is 11.2. The fourth-order valence-corrected chi connectivity index (χ4v) is 1.44. The van der Waals surface area contributed by atoms with Crippen LogP contribution in [0.25, 0.3) is 0 Å². The van der Waals surface area contributed by atoms with Crippen LogP contribution in [0.2, 0.25) is 5.02 Å². The third-order valence-electron chi connectivity index (χ3n) is 1.93. The van der Waals surface area contributed by atoms with Crippen molar-refractivity contribution < 1.29 is 14.4 Å². The monoisotopic (exact) mass is 241 g/mol. The lowest BCUT2D eigenvalue weighted by atomic mass is 10.1. The Kier molecular flexibility index (Phi) is 4.79. The Bertz CT molecular complexity index is 404. The van der Waals surface area contributed by atoms with E-state index in [-0.39, 0.29) is 6.42 Å². The maximum absolute atomic E-state index is 11.2. The quantitative estimate of drug-likeness (QED) is 0.462. The molecule has 1 aromatic rings. The van der Waals surface area contributed by atoms with Crippen LogP contribution < -0.4 is 0 Å². The summed E-state index contributed by atoms with van der Waals surface area (Å²) >= 11 is 5.99. The molecule has 0 N–H and O–H groups in total. The number of carbonyl (C=O) groups excluding carboxylic acids is 1. The summed E-state index contributed by atoms with van der Waals surface area (Å²) in [7, 11) is 2.73. The van der Waals surface area contributed by atoms with Crippen molar-refractivity contribution in [2.75, 3.05) is 14.2 Å². The molecule has 0 bridgehead atoms. The molecule has 0 aliphatic rings. The summed E-state index contributed by atoms with van der Waals surface area (Å²) in [5.74, 6) is -0.393. The predicted molar refractivity (Wildman–Crippen MR) is 61.6 cm³/mol. The van der Waals surface area contributed by atoms with E-state index in [9.17, 15) is 4.79 Å². The van der Waals surface area contributed by atoms with Crippen LogP contribution in [0.5, 0.6) is 0 Å². The average molecular weight is 242 g/mol. The van der Waals surface area contributed by atoms with Gasteiger partial charge < -0.3 is 9.57 Å². The number of benzene rings is 1.